The van der Waals surface area contributed by atoms with E-state index in [0.717, 1.165) is 103 Å². The summed E-state index contributed by atoms with van der Waals surface area (Å²) in [7, 11) is 1.46. The maximum atomic E-state index is 12.8. The van der Waals surface area contributed by atoms with Gasteiger partial charge in [0, 0.05) is 12.8 Å². The second kappa shape index (κ2) is 54.7. The Labute approximate surface area is 455 Å². The topological polar surface area (TPSA) is 108 Å². The molecule has 0 amide bonds. The van der Waals surface area contributed by atoms with Crippen LogP contribution < -0.4 is 0 Å². The van der Waals surface area contributed by atoms with Crippen molar-refractivity contribution in [1.82, 2.24) is 0 Å². The molecule has 0 aliphatic heterocycles. The maximum absolute atomic E-state index is 12.8. The predicted molar refractivity (Wildman–Crippen MR) is 316 cm³/mol. The van der Waals surface area contributed by atoms with Crippen LogP contribution in [-0.2, 0) is 32.7 Å². The lowest BCUT2D eigenvalue weighted by Gasteiger charge is -2.24. The van der Waals surface area contributed by atoms with E-state index in [1.807, 2.05) is 21.1 Å². The van der Waals surface area contributed by atoms with E-state index in [1.165, 1.54) is 109 Å². The first kappa shape index (κ1) is 70.9. The fourth-order valence-electron chi connectivity index (χ4n) is 7.99. The third kappa shape index (κ3) is 58.2. The largest absolute Gasteiger partial charge is 0.472 e. The van der Waals surface area contributed by atoms with Gasteiger partial charge in [0.25, 0.3) is 0 Å². The number of quaternary nitrogens is 1. The molecule has 9 nitrogen and oxygen atoms in total. The van der Waals surface area contributed by atoms with Gasteiger partial charge >= 0.3 is 19.8 Å². The lowest BCUT2D eigenvalue weighted by Crippen LogP contribution is -2.37. The number of allylic oxidation sites excluding steroid dienone is 16. The Kier molecular flexibility index (Phi) is 52.4. The number of phosphoric acid groups is 1. The highest BCUT2D eigenvalue weighted by molar-refractivity contribution is 7.47. The van der Waals surface area contributed by atoms with Crippen LogP contribution in [0, 0.1) is 0 Å². The Hall–Kier alpha value is -3.07. The average Bonchev–Trinajstić information content (AvgIpc) is 3.36. The summed E-state index contributed by atoms with van der Waals surface area (Å²) < 4.78 is 34.5. The minimum Gasteiger partial charge on any atom is -0.462 e. The average molecular weight is 1060 g/mol. The van der Waals surface area contributed by atoms with Crippen molar-refractivity contribution < 1.29 is 42.1 Å². The number of likely N-dealkylation sites (N-methyl/N-ethyl adjacent to an activating group) is 1. The Morgan fingerprint density at radius 2 is 0.770 bits per heavy atom. The van der Waals surface area contributed by atoms with Crippen LogP contribution in [-0.4, -0.2) is 74.9 Å². The molecule has 0 aromatic rings. The molecule has 0 aromatic heterocycles. The summed E-state index contributed by atoms with van der Waals surface area (Å²) >= 11 is 0. The van der Waals surface area contributed by atoms with Crippen molar-refractivity contribution in [1.29, 1.82) is 0 Å². The van der Waals surface area contributed by atoms with Crippen LogP contribution in [0.15, 0.2) is 97.2 Å². The third-order valence-electron chi connectivity index (χ3n) is 12.6. The highest BCUT2D eigenvalue weighted by atomic mass is 31.2. The number of carbonyl (C=O) groups excluding carboxylic acids is 2. The van der Waals surface area contributed by atoms with Gasteiger partial charge in [-0.25, -0.2) is 4.57 Å². The molecular formula is C64H113NO8P+. The Morgan fingerprint density at radius 1 is 0.432 bits per heavy atom. The monoisotopic (exact) mass is 1050 g/mol. The Morgan fingerprint density at radius 3 is 1.15 bits per heavy atom. The molecule has 426 valence electrons. The van der Waals surface area contributed by atoms with Crippen molar-refractivity contribution >= 4 is 19.8 Å². The van der Waals surface area contributed by atoms with Crippen LogP contribution in [0.1, 0.15) is 245 Å². The van der Waals surface area contributed by atoms with Gasteiger partial charge < -0.3 is 18.9 Å². The van der Waals surface area contributed by atoms with Crippen LogP contribution in [0.3, 0.4) is 0 Å². The van der Waals surface area contributed by atoms with E-state index in [9.17, 15) is 19.0 Å². The van der Waals surface area contributed by atoms with Gasteiger partial charge in [0.05, 0.1) is 27.7 Å². The van der Waals surface area contributed by atoms with Gasteiger partial charge in [0.1, 0.15) is 19.8 Å². The summed E-state index contributed by atoms with van der Waals surface area (Å²) in [6, 6.07) is 0. The van der Waals surface area contributed by atoms with E-state index >= 15 is 0 Å². The molecule has 2 atom stereocenters. The van der Waals surface area contributed by atoms with Crippen LogP contribution in [0.25, 0.3) is 0 Å². The first-order chi connectivity index (χ1) is 36.0. The van der Waals surface area contributed by atoms with Crippen LogP contribution in [0.2, 0.25) is 0 Å². The molecule has 0 fully saturated rings. The number of ether oxygens (including phenoxy) is 2. The van der Waals surface area contributed by atoms with E-state index in [-0.39, 0.29) is 32.0 Å². The molecule has 0 rings (SSSR count). The molecule has 0 radical (unpaired) electrons. The Balaban J connectivity index is 4.06. The summed E-state index contributed by atoms with van der Waals surface area (Å²) in [6.45, 7) is 4.28. The lowest BCUT2D eigenvalue weighted by molar-refractivity contribution is -0.870. The van der Waals surface area contributed by atoms with Crippen molar-refractivity contribution in [3.63, 3.8) is 0 Å². The van der Waals surface area contributed by atoms with E-state index in [0.29, 0.717) is 17.4 Å². The molecule has 0 heterocycles. The molecule has 10 heteroatoms. The van der Waals surface area contributed by atoms with Gasteiger partial charge in [-0.2, -0.15) is 0 Å². The van der Waals surface area contributed by atoms with Gasteiger partial charge in [0.15, 0.2) is 6.10 Å². The molecule has 0 spiro atoms. The number of hydrogen-bond acceptors (Lipinski definition) is 7. The molecule has 0 saturated heterocycles. The minimum atomic E-state index is -4.39. The van der Waals surface area contributed by atoms with E-state index < -0.39 is 26.5 Å². The SMILES string of the molecule is CC/C=C\C/C=C\C/C=C\C/C=C\C/C=C\C/C=C\CCCCCCCCCCCCCCCCCCC(=O)OC(COC(=O)CCCCCCC/C=C\C/C=C\CCCCC)COP(=O)(O)OCC[N+](C)(C)C. The minimum absolute atomic E-state index is 0.0265. The lowest BCUT2D eigenvalue weighted by atomic mass is 10.0. The van der Waals surface area contributed by atoms with Crippen molar-refractivity contribution in [2.75, 3.05) is 47.5 Å². The highest BCUT2D eigenvalue weighted by Crippen LogP contribution is 2.43. The zero-order valence-corrected chi connectivity index (χ0v) is 49.2. The number of phosphoric ester groups is 1. The summed E-state index contributed by atoms with van der Waals surface area (Å²) in [5, 5.41) is 0. The van der Waals surface area contributed by atoms with Crippen molar-refractivity contribution in [3.05, 3.63) is 97.2 Å². The number of unbranched alkanes of at least 4 members (excludes halogenated alkanes) is 24. The van der Waals surface area contributed by atoms with Crippen LogP contribution in [0.5, 0.6) is 0 Å². The molecule has 0 aliphatic carbocycles. The second-order valence-electron chi connectivity index (χ2n) is 21.0. The molecular weight excluding hydrogens is 942 g/mol. The quantitative estimate of drug-likeness (QED) is 0.0211. The number of hydrogen-bond donors (Lipinski definition) is 1. The highest BCUT2D eigenvalue weighted by Gasteiger charge is 2.27. The van der Waals surface area contributed by atoms with Crippen molar-refractivity contribution in [3.8, 4) is 0 Å². The zero-order chi connectivity index (χ0) is 54.2. The standard InChI is InChI=1S/C64H112NO8P/c1-6-8-10-12-14-16-18-20-22-23-24-25-26-27-28-29-30-31-32-33-34-35-36-37-38-39-40-41-43-45-47-49-51-53-55-57-64(67)73-62(61-72-74(68,69)71-59-58-65(3,4)5)60-70-63(66)56-54-52-50-48-46-44-42-21-19-17-15-13-11-9-7-2/h8,10,14-17,20-22,24-25,27-28,30-31,42,62H,6-7,9,11-13,18-19,23,26,29,32-41,43-61H2,1-5H3/p+1/b10-8-,16-14-,17-15-,22-20-,25-24-,28-27-,31-30-,42-21-. The molecule has 0 aliphatic rings. The fraction of sp³-hybridized carbons (Fsp3) is 0.719. The van der Waals surface area contributed by atoms with Gasteiger partial charge in [-0.1, -0.05) is 233 Å². The molecule has 0 aromatic carbocycles. The summed E-state index contributed by atoms with van der Waals surface area (Å²) in [6.07, 6.45) is 74.9. The van der Waals surface area contributed by atoms with E-state index in [2.05, 4.69) is 111 Å². The molecule has 0 saturated carbocycles. The zero-order valence-electron chi connectivity index (χ0n) is 48.3. The van der Waals surface area contributed by atoms with E-state index in [1.54, 1.807) is 0 Å². The van der Waals surface area contributed by atoms with Gasteiger partial charge in [0.2, 0.25) is 0 Å². The molecule has 1 N–H and O–H groups in total. The fourth-order valence-corrected chi connectivity index (χ4v) is 8.73. The molecule has 0 bridgehead atoms. The first-order valence-corrected chi connectivity index (χ1v) is 31.5. The maximum Gasteiger partial charge on any atom is 0.472 e. The molecule has 2 unspecified atom stereocenters. The third-order valence-corrected chi connectivity index (χ3v) is 13.6. The number of carbonyl (C=O) groups is 2. The number of rotatable bonds is 54. The van der Waals surface area contributed by atoms with Crippen molar-refractivity contribution in [2.24, 2.45) is 0 Å². The van der Waals surface area contributed by atoms with Gasteiger partial charge in [-0.3, -0.25) is 18.6 Å². The number of esters is 2. The van der Waals surface area contributed by atoms with E-state index in [4.69, 9.17) is 18.5 Å². The normalized spacial score (nSPS) is 14.0. The summed E-state index contributed by atoms with van der Waals surface area (Å²) in [4.78, 5) is 35.6. The number of nitrogens with zero attached hydrogens (tertiary/aromatic N) is 1. The van der Waals surface area contributed by atoms with Crippen LogP contribution in [0.4, 0.5) is 0 Å². The van der Waals surface area contributed by atoms with Crippen LogP contribution >= 0.6 is 7.82 Å². The van der Waals surface area contributed by atoms with Gasteiger partial charge in [-0.15, -0.1) is 0 Å². The predicted octanol–water partition coefficient (Wildman–Crippen LogP) is 18.8. The van der Waals surface area contributed by atoms with Crippen molar-refractivity contribution in [2.45, 2.75) is 251 Å². The second-order valence-corrected chi connectivity index (χ2v) is 22.5. The van der Waals surface area contributed by atoms with Gasteiger partial charge in [-0.05, 0) is 96.3 Å². The first-order valence-electron chi connectivity index (χ1n) is 30.0. The smallest absolute Gasteiger partial charge is 0.462 e. The summed E-state index contributed by atoms with van der Waals surface area (Å²) in [5.41, 5.74) is 0. The summed E-state index contributed by atoms with van der Waals surface area (Å²) in [5.74, 6) is -0.813. The molecule has 74 heavy (non-hydrogen) atoms. The Bertz CT molecular complexity index is 1570.